The van der Waals surface area contributed by atoms with Crippen LogP contribution in [-0.4, -0.2) is 36.6 Å². The molecule has 0 spiro atoms. The van der Waals surface area contributed by atoms with Gasteiger partial charge in [0.15, 0.2) is 12.2 Å². The number of anilines is 1. The van der Waals surface area contributed by atoms with Crippen molar-refractivity contribution in [2.24, 2.45) is 5.92 Å². The summed E-state index contributed by atoms with van der Waals surface area (Å²) in [6.07, 6.45) is 5.61. The summed E-state index contributed by atoms with van der Waals surface area (Å²) in [5.74, 6) is 2.44. The number of oxazole rings is 1. The van der Waals surface area contributed by atoms with Crippen molar-refractivity contribution in [1.82, 2.24) is 15.3 Å². The topological polar surface area (TPSA) is 54.2 Å². The summed E-state index contributed by atoms with van der Waals surface area (Å²) in [5.41, 5.74) is 0.831. The van der Waals surface area contributed by atoms with E-state index >= 15 is 0 Å². The summed E-state index contributed by atoms with van der Waals surface area (Å²) in [4.78, 5) is 10.8. The zero-order valence-electron chi connectivity index (χ0n) is 11.7. The number of rotatable bonds is 4. The molecule has 5 heteroatoms. The lowest BCUT2D eigenvalue weighted by Gasteiger charge is -2.28. The number of pyridine rings is 1. The fraction of sp³-hybridized carbons (Fsp3) is 0.467. The molecule has 2 aromatic rings. The molecule has 0 atom stereocenters. The first-order chi connectivity index (χ1) is 9.83. The van der Waals surface area contributed by atoms with Gasteiger partial charge in [-0.1, -0.05) is 6.07 Å². The largest absolute Gasteiger partial charge is 0.442 e. The molecule has 3 rings (SSSR count). The minimum absolute atomic E-state index is 0.710. The van der Waals surface area contributed by atoms with E-state index in [0.717, 1.165) is 37.1 Å². The Hall–Kier alpha value is -1.88. The van der Waals surface area contributed by atoms with Crippen LogP contribution in [0.25, 0.3) is 11.5 Å². The van der Waals surface area contributed by atoms with Crippen LogP contribution in [0.3, 0.4) is 0 Å². The molecule has 0 saturated carbocycles. The third-order valence-corrected chi connectivity index (χ3v) is 3.80. The van der Waals surface area contributed by atoms with Gasteiger partial charge in [0.25, 0.3) is 0 Å². The van der Waals surface area contributed by atoms with Gasteiger partial charge >= 0.3 is 0 Å². The van der Waals surface area contributed by atoms with Gasteiger partial charge in [0.2, 0.25) is 0 Å². The van der Waals surface area contributed by atoms with E-state index < -0.39 is 0 Å². The molecule has 0 radical (unpaired) electrons. The van der Waals surface area contributed by atoms with Crippen LogP contribution >= 0.6 is 0 Å². The average molecular weight is 272 g/mol. The Bertz CT molecular complexity index is 535. The summed E-state index contributed by atoms with van der Waals surface area (Å²) in [5, 5.41) is 3.40. The van der Waals surface area contributed by atoms with Crippen LogP contribution in [0.15, 0.2) is 35.2 Å². The molecule has 0 aromatic carbocycles. The lowest BCUT2D eigenvalue weighted by atomic mass is 9.98. The smallest absolute Gasteiger partial charge is 0.181 e. The Morgan fingerprint density at radius 2 is 2.20 bits per heavy atom. The van der Waals surface area contributed by atoms with Crippen molar-refractivity contribution in [3.05, 3.63) is 30.8 Å². The van der Waals surface area contributed by atoms with Gasteiger partial charge in [0.1, 0.15) is 11.5 Å². The van der Waals surface area contributed by atoms with E-state index in [1.54, 1.807) is 6.20 Å². The van der Waals surface area contributed by atoms with Gasteiger partial charge in [-0.25, -0.2) is 9.97 Å². The van der Waals surface area contributed by atoms with Crippen LogP contribution in [0.2, 0.25) is 0 Å². The molecule has 106 valence electrons. The highest BCUT2D eigenvalue weighted by Crippen LogP contribution is 2.21. The Kier molecular flexibility index (Phi) is 3.97. The highest BCUT2D eigenvalue weighted by Gasteiger charge is 2.16. The summed E-state index contributed by atoms with van der Waals surface area (Å²) >= 11 is 0. The predicted octanol–water partition coefficient (Wildman–Crippen LogP) is 2.17. The number of hydrogen-bond donors (Lipinski definition) is 1. The maximum atomic E-state index is 5.30. The highest BCUT2D eigenvalue weighted by molar-refractivity contribution is 5.54. The van der Waals surface area contributed by atoms with Crippen LogP contribution < -0.4 is 10.2 Å². The van der Waals surface area contributed by atoms with E-state index in [2.05, 4.69) is 27.2 Å². The zero-order chi connectivity index (χ0) is 13.8. The molecule has 1 N–H and O–H groups in total. The van der Waals surface area contributed by atoms with Crippen molar-refractivity contribution in [2.75, 3.05) is 31.6 Å². The van der Waals surface area contributed by atoms with Crippen molar-refractivity contribution in [3.63, 3.8) is 0 Å². The summed E-state index contributed by atoms with van der Waals surface area (Å²) in [6.45, 7) is 3.31. The third kappa shape index (κ3) is 2.99. The van der Waals surface area contributed by atoms with Crippen LogP contribution in [-0.2, 0) is 0 Å². The number of hydrogen-bond acceptors (Lipinski definition) is 5. The van der Waals surface area contributed by atoms with E-state index in [-0.39, 0.29) is 0 Å². The highest BCUT2D eigenvalue weighted by atomic mass is 16.3. The SMILES string of the molecule is CN(CC1CCNCC1)c1cccc(-c2cnco2)n1. The molecule has 0 bridgehead atoms. The standard InChI is InChI=1S/C15H20N4O/c1-19(10-12-5-7-16-8-6-12)15-4-2-3-13(18-15)14-9-17-11-20-14/h2-4,9,11-12,16H,5-8,10H2,1H3. The molecule has 0 unspecified atom stereocenters. The van der Waals surface area contributed by atoms with Crippen molar-refractivity contribution in [2.45, 2.75) is 12.8 Å². The van der Waals surface area contributed by atoms with Gasteiger partial charge in [0, 0.05) is 13.6 Å². The van der Waals surface area contributed by atoms with Gasteiger partial charge < -0.3 is 14.6 Å². The molecular weight excluding hydrogens is 252 g/mol. The van der Waals surface area contributed by atoms with Gasteiger partial charge in [-0.05, 0) is 44.0 Å². The van der Waals surface area contributed by atoms with Crippen molar-refractivity contribution in [1.29, 1.82) is 0 Å². The van der Waals surface area contributed by atoms with E-state index in [4.69, 9.17) is 4.42 Å². The van der Waals surface area contributed by atoms with E-state index in [0.29, 0.717) is 5.76 Å². The second-order valence-electron chi connectivity index (χ2n) is 5.32. The molecule has 0 amide bonds. The first-order valence-corrected chi connectivity index (χ1v) is 7.11. The van der Waals surface area contributed by atoms with Crippen molar-refractivity contribution in [3.8, 4) is 11.5 Å². The zero-order valence-corrected chi connectivity index (χ0v) is 11.7. The Morgan fingerprint density at radius 3 is 2.95 bits per heavy atom. The Balaban J connectivity index is 1.71. The lowest BCUT2D eigenvalue weighted by Crippen LogP contribution is -2.34. The molecule has 0 aliphatic carbocycles. The molecule has 3 heterocycles. The van der Waals surface area contributed by atoms with Crippen LogP contribution in [0.5, 0.6) is 0 Å². The minimum Gasteiger partial charge on any atom is -0.442 e. The maximum Gasteiger partial charge on any atom is 0.181 e. The van der Waals surface area contributed by atoms with E-state index in [1.165, 1.54) is 19.2 Å². The molecule has 2 aromatic heterocycles. The van der Waals surface area contributed by atoms with Crippen molar-refractivity contribution < 1.29 is 4.42 Å². The first kappa shape index (κ1) is 13.1. The van der Waals surface area contributed by atoms with E-state index in [1.807, 2.05) is 18.2 Å². The first-order valence-electron chi connectivity index (χ1n) is 7.11. The van der Waals surface area contributed by atoms with Gasteiger partial charge in [-0.3, -0.25) is 0 Å². The van der Waals surface area contributed by atoms with Crippen LogP contribution in [0.1, 0.15) is 12.8 Å². The average Bonchev–Trinajstić information content (AvgIpc) is 3.03. The van der Waals surface area contributed by atoms with Crippen molar-refractivity contribution >= 4 is 5.82 Å². The monoisotopic (exact) mass is 272 g/mol. The van der Waals surface area contributed by atoms with Gasteiger partial charge in [-0.2, -0.15) is 0 Å². The van der Waals surface area contributed by atoms with Crippen LogP contribution in [0.4, 0.5) is 5.82 Å². The second kappa shape index (κ2) is 6.05. The molecular formula is C15H20N4O. The minimum atomic E-state index is 0.710. The number of aromatic nitrogens is 2. The number of nitrogens with one attached hydrogen (secondary N) is 1. The Morgan fingerprint density at radius 1 is 1.35 bits per heavy atom. The fourth-order valence-corrected chi connectivity index (χ4v) is 2.66. The summed E-state index contributed by atoms with van der Waals surface area (Å²) in [7, 11) is 2.11. The molecule has 1 aliphatic heterocycles. The van der Waals surface area contributed by atoms with Gasteiger partial charge in [-0.15, -0.1) is 0 Å². The molecule has 5 nitrogen and oxygen atoms in total. The van der Waals surface area contributed by atoms with Crippen LogP contribution in [0, 0.1) is 5.92 Å². The number of nitrogens with zero attached hydrogens (tertiary/aromatic N) is 3. The predicted molar refractivity (Wildman–Crippen MR) is 78.6 cm³/mol. The summed E-state index contributed by atoms with van der Waals surface area (Å²) < 4.78 is 5.30. The number of piperidine rings is 1. The Labute approximate surface area is 119 Å². The fourth-order valence-electron chi connectivity index (χ4n) is 2.66. The molecule has 20 heavy (non-hydrogen) atoms. The molecule has 1 fully saturated rings. The maximum absolute atomic E-state index is 5.30. The third-order valence-electron chi connectivity index (χ3n) is 3.80. The molecule has 1 aliphatic rings. The normalized spacial score (nSPS) is 16.2. The summed E-state index contributed by atoms with van der Waals surface area (Å²) in [6, 6.07) is 6.00. The van der Waals surface area contributed by atoms with E-state index in [9.17, 15) is 0 Å². The lowest BCUT2D eigenvalue weighted by molar-refractivity contribution is 0.377. The quantitative estimate of drug-likeness (QED) is 0.924. The van der Waals surface area contributed by atoms with Gasteiger partial charge in [0.05, 0.1) is 6.20 Å². The molecule has 1 saturated heterocycles. The second-order valence-corrected chi connectivity index (χ2v) is 5.32.